The number of nitrogens with zero attached hydrogens (tertiary/aromatic N) is 2. The number of hydrogen-bond acceptors (Lipinski definition) is 5. The monoisotopic (exact) mass is 432 g/mol. The highest BCUT2D eigenvalue weighted by molar-refractivity contribution is 7.89. The van der Waals surface area contributed by atoms with Crippen molar-refractivity contribution >= 4 is 15.9 Å². The van der Waals surface area contributed by atoms with Crippen LogP contribution in [-0.2, 0) is 32.5 Å². The van der Waals surface area contributed by atoms with Crippen molar-refractivity contribution in [3.05, 3.63) is 59.7 Å². The number of morpholine rings is 1. The van der Waals surface area contributed by atoms with Crippen LogP contribution in [0.2, 0.25) is 0 Å². The average molecular weight is 433 g/mol. The van der Waals surface area contributed by atoms with Crippen molar-refractivity contribution in [1.29, 1.82) is 0 Å². The fourth-order valence-electron chi connectivity index (χ4n) is 3.42. The molecule has 0 saturated carbocycles. The summed E-state index contributed by atoms with van der Waals surface area (Å²) >= 11 is 0. The zero-order chi connectivity index (χ0) is 21.6. The van der Waals surface area contributed by atoms with Crippen molar-refractivity contribution in [2.75, 3.05) is 40.5 Å². The highest BCUT2D eigenvalue weighted by atomic mass is 32.2. The minimum Gasteiger partial charge on any atom is -0.496 e. The number of benzene rings is 2. The van der Waals surface area contributed by atoms with E-state index in [1.165, 1.54) is 4.31 Å². The molecule has 0 radical (unpaired) electrons. The van der Waals surface area contributed by atoms with E-state index in [0.29, 0.717) is 50.6 Å². The smallest absolute Gasteiger partial charge is 0.243 e. The van der Waals surface area contributed by atoms with Gasteiger partial charge in [-0.1, -0.05) is 30.3 Å². The van der Waals surface area contributed by atoms with Gasteiger partial charge in [0.1, 0.15) is 5.75 Å². The number of ether oxygens (including phenoxy) is 2. The molecule has 0 atom stereocenters. The second kappa shape index (κ2) is 10.1. The summed E-state index contributed by atoms with van der Waals surface area (Å²) in [6, 6.07) is 14.6. The van der Waals surface area contributed by atoms with Gasteiger partial charge < -0.3 is 14.4 Å². The molecule has 0 aromatic heterocycles. The summed E-state index contributed by atoms with van der Waals surface area (Å²) in [5, 5.41) is 0. The van der Waals surface area contributed by atoms with Gasteiger partial charge in [0, 0.05) is 33.1 Å². The maximum absolute atomic E-state index is 12.9. The van der Waals surface area contributed by atoms with Gasteiger partial charge in [-0.3, -0.25) is 4.79 Å². The van der Waals surface area contributed by atoms with E-state index in [4.69, 9.17) is 9.47 Å². The van der Waals surface area contributed by atoms with Gasteiger partial charge in [-0.2, -0.15) is 4.31 Å². The van der Waals surface area contributed by atoms with E-state index in [-0.39, 0.29) is 17.2 Å². The maximum atomic E-state index is 12.9. The van der Waals surface area contributed by atoms with Crippen LogP contribution in [0.5, 0.6) is 5.75 Å². The lowest BCUT2D eigenvalue weighted by Crippen LogP contribution is -2.40. The molecule has 0 aliphatic carbocycles. The van der Waals surface area contributed by atoms with Crippen molar-refractivity contribution < 1.29 is 22.7 Å². The van der Waals surface area contributed by atoms with Crippen LogP contribution in [-0.4, -0.2) is 64.0 Å². The number of methoxy groups -OCH3 is 1. The van der Waals surface area contributed by atoms with Crippen LogP contribution in [0.15, 0.2) is 53.4 Å². The standard InChI is InChI=1S/C22H28N2O5S/c1-23(17-18-6-4-3-5-7-18)22(25)11-8-19-16-20(9-10-21(19)28-2)30(26,27)24-12-14-29-15-13-24/h3-7,9-10,16H,8,11-15,17H2,1-2H3. The third-order valence-electron chi connectivity index (χ3n) is 5.16. The van der Waals surface area contributed by atoms with Gasteiger partial charge in [0.2, 0.25) is 15.9 Å². The second-order valence-electron chi connectivity index (χ2n) is 7.23. The lowest BCUT2D eigenvalue weighted by Gasteiger charge is -2.26. The van der Waals surface area contributed by atoms with Crippen molar-refractivity contribution in [1.82, 2.24) is 9.21 Å². The lowest BCUT2D eigenvalue weighted by molar-refractivity contribution is -0.130. The fourth-order valence-corrected chi connectivity index (χ4v) is 4.88. The van der Waals surface area contributed by atoms with E-state index in [0.717, 1.165) is 5.56 Å². The molecule has 3 rings (SSSR count). The molecule has 1 amide bonds. The molecule has 162 valence electrons. The molecular formula is C22H28N2O5S. The van der Waals surface area contributed by atoms with Gasteiger partial charge in [-0.15, -0.1) is 0 Å². The SMILES string of the molecule is COc1ccc(S(=O)(=O)N2CCOCC2)cc1CCC(=O)N(C)Cc1ccccc1. The van der Waals surface area contributed by atoms with Gasteiger partial charge in [-0.25, -0.2) is 8.42 Å². The lowest BCUT2D eigenvalue weighted by atomic mass is 10.1. The molecule has 2 aromatic carbocycles. The summed E-state index contributed by atoms with van der Waals surface area (Å²) in [6.07, 6.45) is 0.661. The highest BCUT2D eigenvalue weighted by Gasteiger charge is 2.27. The molecule has 1 heterocycles. The molecule has 30 heavy (non-hydrogen) atoms. The first-order valence-electron chi connectivity index (χ1n) is 9.94. The maximum Gasteiger partial charge on any atom is 0.243 e. The molecule has 7 nitrogen and oxygen atoms in total. The fraction of sp³-hybridized carbons (Fsp3) is 0.409. The highest BCUT2D eigenvalue weighted by Crippen LogP contribution is 2.26. The van der Waals surface area contributed by atoms with E-state index < -0.39 is 10.0 Å². The summed E-state index contributed by atoms with van der Waals surface area (Å²) in [5.41, 5.74) is 1.76. The third-order valence-corrected chi connectivity index (χ3v) is 7.05. The van der Waals surface area contributed by atoms with E-state index in [2.05, 4.69) is 0 Å². The first-order chi connectivity index (χ1) is 14.4. The van der Waals surface area contributed by atoms with Crippen LogP contribution in [0.4, 0.5) is 0 Å². The Morgan fingerprint density at radius 2 is 1.83 bits per heavy atom. The summed E-state index contributed by atoms with van der Waals surface area (Å²) < 4.78 is 38.0. The number of hydrogen-bond donors (Lipinski definition) is 0. The van der Waals surface area contributed by atoms with E-state index in [1.54, 1.807) is 37.3 Å². The first-order valence-corrected chi connectivity index (χ1v) is 11.4. The number of sulfonamides is 1. The number of carbonyl (C=O) groups is 1. The Kier molecular flexibility index (Phi) is 7.47. The molecule has 0 spiro atoms. The molecule has 0 unspecified atom stereocenters. The van der Waals surface area contributed by atoms with Crippen molar-refractivity contribution in [2.24, 2.45) is 0 Å². The van der Waals surface area contributed by atoms with Crippen molar-refractivity contribution in [3.63, 3.8) is 0 Å². The summed E-state index contributed by atoms with van der Waals surface area (Å²) in [5.74, 6) is 0.566. The third kappa shape index (κ3) is 5.38. The van der Waals surface area contributed by atoms with Crippen LogP contribution >= 0.6 is 0 Å². The minimum atomic E-state index is -3.60. The van der Waals surface area contributed by atoms with Crippen LogP contribution in [0.25, 0.3) is 0 Å². The molecule has 1 aliphatic rings. The molecule has 8 heteroatoms. The van der Waals surface area contributed by atoms with Crippen LogP contribution < -0.4 is 4.74 Å². The van der Waals surface area contributed by atoms with Gasteiger partial charge >= 0.3 is 0 Å². The van der Waals surface area contributed by atoms with E-state index >= 15 is 0 Å². The number of rotatable bonds is 8. The molecule has 0 bridgehead atoms. The van der Waals surface area contributed by atoms with Crippen LogP contribution in [0, 0.1) is 0 Å². The zero-order valence-electron chi connectivity index (χ0n) is 17.4. The van der Waals surface area contributed by atoms with Crippen molar-refractivity contribution in [3.8, 4) is 5.75 Å². The molecule has 1 aliphatic heterocycles. The largest absolute Gasteiger partial charge is 0.496 e. The van der Waals surface area contributed by atoms with Crippen molar-refractivity contribution in [2.45, 2.75) is 24.3 Å². The summed E-state index contributed by atoms with van der Waals surface area (Å²) in [6.45, 7) is 2.00. The average Bonchev–Trinajstić information content (AvgIpc) is 2.78. The first kappa shape index (κ1) is 22.3. The molecular weight excluding hydrogens is 404 g/mol. The van der Waals surface area contributed by atoms with Gasteiger partial charge in [-0.05, 0) is 35.7 Å². The van der Waals surface area contributed by atoms with E-state index in [9.17, 15) is 13.2 Å². The quantitative estimate of drug-likeness (QED) is 0.640. The van der Waals surface area contributed by atoms with Crippen LogP contribution in [0.1, 0.15) is 17.5 Å². The Hall–Kier alpha value is -2.42. The molecule has 2 aromatic rings. The summed E-state index contributed by atoms with van der Waals surface area (Å²) in [4.78, 5) is 14.5. The predicted molar refractivity (Wildman–Crippen MR) is 114 cm³/mol. The Labute approximate surface area is 178 Å². The number of aryl methyl sites for hydroxylation is 1. The Morgan fingerprint density at radius 1 is 1.13 bits per heavy atom. The van der Waals surface area contributed by atoms with Crippen LogP contribution in [0.3, 0.4) is 0 Å². The second-order valence-corrected chi connectivity index (χ2v) is 9.16. The zero-order valence-corrected chi connectivity index (χ0v) is 18.2. The molecule has 0 N–H and O–H groups in total. The Bertz CT molecular complexity index is 957. The number of amides is 1. The topological polar surface area (TPSA) is 76.1 Å². The normalized spacial score (nSPS) is 15.0. The molecule has 1 fully saturated rings. The Balaban J connectivity index is 1.70. The van der Waals surface area contributed by atoms with Gasteiger partial charge in [0.05, 0.1) is 25.2 Å². The summed E-state index contributed by atoms with van der Waals surface area (Å²) in [7, 11) is -0.293. The minimum absolute atomic E-state index is 0.0117. The number of carbonyl (C=O) groups excluding carboxylic acids is 1. The van der Waals surface area contributed by atoms with Gasteiger partial charge in [0.15, 0.2) is 0 Å². The van der Waals surface area contributed by atoms with E-state index in [1.807, 2.05) is 30.3 Å². The molecule has 1 saturated heterocycles. The van der Waals surface area contributed by atoms with Gasteiger partial charge in [0.25, 0.3) is 0 Å². The predicted octanol–water partition coefficient (Wildman–Crippen LogP) is 2.31. The Morgan fingerprint density at radius 3 is 2.50 bits per heavy atom.